The van der Waals surface area contributed by atoms with Crippen molar-refractivity contribution >= 4 is 11.6 Å². The van der Waals surface area contributed by atoms with Gasteiger partial charge in [-0.05, 0) is 42.3 Å². The monoisotopic (exact) mass is 337 g/mol. The first-order valence-electron chi connectivity index (χ1n) is 7.61. The molecule has 3 N–H and O–H groups in total. The molecule has 1 amide bonds. The second-order valence-electron chi connectivity index (χ2n) is 5.37. The van der Waals surface area contributed by atoms with Crippen LogP contribution in [0.4, 0.5) is 5.69 Å². The Labute approximate surface area is 146 Å². The quantitative estimate of drug-likeness (QED) is 0.428. The first kappa shape index (κ1) is 17.9. The number of aromatic hydroxyl groups is 1. The molecule has 0 aromatic heterocycles. The van der Waals surface area contributed by atoms with Crippen molar-refractivity contribution < 1.29 is 14.6 Å². The average Bonchev–Trinajstić information content (AvgIpc) is 2.63. The summed E-state index contributed by atoms with van der Waals surface area (Å²) in [6.45, 7) is 2.17. The zero-order chi connectivity index (χ0) is 18.2. The van der Waals surface area contributed by atoms with Gasteiger partial charge in [-0.3, -0.25) is 4.79 Å². The number of nitriles is 1. The molecule has 0 atom stereocenters. The predicted octanol–water partition coefficient (Wildman–Crippen LogP) is 2.85. The number of hydrogen-bond donors (Lipinski definition) is 3. The van der Waals surface area contributed by atoms with Crippen molar-refractivity contribution in [2.75, 3.05) is 12.4 Å². The highest BCUT2D eigenvalue weighted by Crippen LogP contribution is 2.24. The van der Waals surface area contributed by atoms with E-state index in [4.69, 9.17) is 10.00 Å². The predicted molar refractivity (Wildman–Crippen MR) is 95.0 cm³/mol. The first-order valence-corrected chi connectivity index (χ1v) is 7.61. The van der Waals surface area contributed by atoms with Gasteiger partial charge < -0.3 is 20.5 Å². The van der Waals surface area contributed by atoms with Crippen LogP contribution in [0.25, 0.3) is 0 Å². The van der Waals surface area contributed by atoms with Crippen LogP contribution in [0.3, 0.4) is 0 Å². The standard InChI is InChI=1S/C19H19N3O3/c1-13-3-8-18(23)17(9-13)21-12-15(10-20)19(24)22-11-14-4-6-16(25-2)7-5-14/h3-9,12,21,23H,11H2,1-2H3,(H,22,24)/b15-12-. The summed E-state index contributed by atoms with van der Waals surface area (Å²) in [7, 11) is 1.58. The van der Waals surface area contributed by atoms with Crippen molar-refractivity contribution in [1.82, 2.24) is 5.32 Å². The highest BCUT2D eigenvalue weighted by molar-refractivity contribution is 5.97. The number of anilines is 1. The lowest BCUT2D eigenvalue weighted by Crippen LogP contribution is -2.24. The van der Waals surface area contributed by atoms with E-state index in [0.717, 1.165) is 16.9 Å². The van der Waals surface area contributed by atoms with Crippen LogP contribution < -0.4 is 15.4 Å². The smallest absolute Gasteiger partial charge is 0.263 e. The molecule has 6 nitrogen and oxygen atoms in total. The van der Waals surface area contributed by atoms with Crippen LogP contribution in [-0.2, 0) is 11.3 Å². The molecule has 0 aliphatic carbocycles. The lowest BCUT2D eigenvalue weighted by atomic mass is 10.2. The summed E-state index contributed by atoms with van der Waals surface area (Å²) in [5.41, 5.74) is 2.16. The maximum Gasteiger partial charge on any atom is 0.263 e. The van der Waals surface area contributed by atoms with Crippen molar-refractivity contribution in [2.45, 2.75) is 13.5 Å². The highest BCUT2D eigenvalue weighted by atomic mass is 16.5. The molecular weight excluding hydrogens is 318 g/mol. The maximum absolute atomic E-state index is 12.1. The number of rotatable bonds is 6. The molecule has 2 aromatic carbocycles. The Morgan fingerprint density at radius 3 is 2.64 bits per heavy atom. The van der Waals surface area contributed by atoms with Crippen LogP contribution in [0.2, 0.25) is 0 Å². The molecule has 2 aromatic rings. The lowest BCUT2D eigenvalue weighted by Gasteiger charge is -2.07. The Bertz CT molecular complexity index is 821. The van der Waals surface area contributed by atoms with Crippen molar-refractivity contribution in [3.63, 3.8) is 0 Å². The van der Waals surface area contributed by atoms with Gasteiger partial charge in [0.05, 0.1) is 12.8 Å². The van der Waals surface area contributed by atoms with Crippen LogP contribution in [0.1, 0.15) is 11.1 Å². The van der Waals surface area contributed by atoms with E-state index >= 15 is 0 Å². The van der Waals surface area contributed by atoms with Crippen LogP contribution in [0.5, 0.6) is 11.5 Å². The second kappa shape index (κ2) is 8.41. The highest BCUT2D eigenvalue weighted by Gasteiger charge is 2.09. The van der Waals surface area contributed by atoms with Crippen molar-refractivity contribution in [3.8, 4) is 17.6 Å². The van der Waals surface area contributed by atoms with Crippen LogP contribution in [0.15, 0.2) is 54.2 Å². The van der Waals surface area contributed by atoms with Gasteiger partial charge in [0, 0.05) is 12.7 Å². The number of nitrogens with one attached hydrogen (secondary N) is 2. The lowest BCUT2D eigenvalue weighted by molar-refractivity contribution is -0.117. The molecule has 0 aliphatic heterocycles. The molecule has 0 unspecified atom stereocenters. The topological polar surface area (TPSA) is 94.4 Å². The van der Waals surface area contributed by atoms with E-state index in [1.807, 2.05) is 25.1 Å². The minimum Gasteiger partial charge on any atom is -0.506 e. The van der Waals surface area contributed by atoms with Gasteiger partial charge in [0.15, 0.2) is 0 Å². The molecule has 128 valence electrons. The molecular formula is C19H19N3O3. The third kappa shape index (κ3) is 5.01. The number of amides is 1. The molecule has 0 radical (unpaired) electrons. The average molecular weight is 337 g/mol. The van der Waals surface area contributed by atoms with Crippen molar-refractivity contribution in [1.29, 1.82) is 5.26 Å². The van der Waals surface area contributed by atoms with Gasteiger partial charge in [0.1, 0.15) is 23.1 Å². The van der Waals surface area contributed by atoms with Gasteiger partial charge in [0.2, 0.25) is 0 Å². The fraction of sp³-hybridized carbons (Fsp3) is 0.158. The summed E-state index contributed by atoms with van der Waals surface area (Å²) in [4.78, 5) is 12.1. The van der Waals surface area contributed by atoms with E-state index in [2.05, 4.69) is 10.6 Å². The molecule has 25 heavy (non-hydrogen) atoms. The van der Waals surface area contributed by atoms with E-state index in [-0.39, 0.29) is 17.9 Å². The van der Waals surface area contributed by atoms with Crippen molar-refractivity contribution in [2.24, 2.45) is 0 Å². The Balaban J connectivity index is 2.00. The van der Waals surface area contributed by atoms with Gasteiger partial charge in [-0.1, -0.05) is 18.2 Å². The number of ether oxygens (including phenoxy) is 1. The van der Waals surface area contributed by atoms with Gasteiger partial charge in [-0.25, -0.2) is 0 Å². The maximum atomic E-state index is 12.1. The Kier molecular flexibility index (Phi) is 6.02. The summed E-state index contributed by atoms with van der Waals surface area (Å²) >= 11 is 0. The minimum absolute atomic E-state index is 0.0396. The van der Waals surface area contributed by atoms with Gasteiger partial charge in [0.25, 0.3) is 5.91 Å². The summed E-state index contributed by atoms with van der Waals surface area (Å²) < 4.78 is 5.07. The van der Waals surface area contributed by atoms with E-state index < -0.39 is 5.91 Å². The normalized spacial score (nSPS) is 10.7. The van der Waals surface area contributed by atoms with Gasteiger partial charge in [-0.15, -0.1) is 0 Å². The van der Waals surface area contributed by atoms with E-state index in [9.17, 15) is 9.90 Å². The van der Waals surface area contributed by atoms with Crippen LogP contribution in [0, 0.1) is 18.3 Å². The number of carbonyl (C=O) groups is 1. The fourth-order valence-corrected chi connectivity index (χ4v) is 2.08. The second-order valence-corrected chi connectivity index (χ2v) is 5.37. The summed E-state index contributed by atoms with van der Waals surface area (Å²) in [6.07, 6.45) is 1.28. The molecule has 0 saturated heterocycles. The van der Waals surface area contributed by atoms with E-state index in [1.165, 1.54) is 6.20 Å². The largest absolute Gasteiger partial charge is 0.506 e. The minimum atomic E-state index is -0.502. The van der Waals surface area contributed by atoms with Gasteiger partial charge in [-0.2, -0.15) is 5.26 Å². The Morgan fingerprint density at radius 1 is 1.28 bits per heavy atom. The number of benzene rings is 2. The number of methoxy groups -OCH3 is 1. The van der Waals surface area contributed by atoms with Crippen molar-refractivity contribution in [3.05, 3.63) is 65.4 Å². The number of phenolic OH excluding ortho intramolecular Hbond substituents is 1. The summed E-state index contributed by atoms with van der Waals surface area (Å²) in [6, 6.07) is 14.1. The number of phenols is 1. The molecule has 0 heterocycles. The Hall–Kier alpha value is -3.46. The molecule has 0 fully saturated rings. The molecule has 0 aliphatic rings. The third-order valence-electron chi connectivity index (χ3n) is 3.50. The van der Waals surface area contributed by atoms with Crippen LogP contribution in [-0.4, -0.2) is 18.1 Å². The zero-order valence-corrected chi connectivity index (χ0v) is 14.0. The number of nitrogens with zero attached hydrogens (tertiary/aromatic N) is 1. The summed E-state index contributed by atoms with van der Waals surface area (Å²) in [5.74, 6) is 0.269. The number of carbonyl (C=O) groups excluding carboxylic acids is 1. The number of aryl methyl sites for hydroxylation is 1. The summed E-state index contributed by atoms with van der Waals surface area (Å²) in [5, 5.41) is 24.4. The zero-order valence-electron chi connectivity index (χ0n) is 14.0. The first-order chi connectivity index (χ1) is 12.0. The molecule has 0 spiro atoms. The van der Waals surface area contributed by atoms with E-state index in [0.29, 0.717) is 5.69 Å². The molecule has 2 rings (SSSR count). The van der Waals surface area contributed by atoms with E-state index in [1.54, 1.807) is 37.4 Å². The molecule has 0 bridgehead atoms. The molecule has 0 saturated carbocycles. The molecule has 6 heteroatoms. The van der Waals surface area contributed by atoms with Crippen LogP contribution >= 0.6 is 0 Å². The fourth-order valence-electron chi connectivity index (χ4n) is 2.08. The number of hydrogen-bond acceptors (Lipinski definition) is 5. The Morgan fingerprint density at radius 2 is 2.00 bits per heavy atom. The SMILES string of the molecule is COc1ccc(CNC(=O)/C(C#N)=C\Nc2cc(C)ccc2O)cc1. The van der Waals surface area contributed by atoms with Gasteiger partial charge >= 0.3 is 0 Å². The third-order valence-corrected chi connectivity index (χ3v) is 3.50.